The summed E-state index contributed by atoms with van der Waals surface area (Å²) in [5, 5.41) is 15.0. The number of rotatable bonds is 2. The molecule has 0 bridgehead atoms. The summed E-state index contributed by atoms with van der Waals surface area (Å²) in [4.78, 5) is 3.84. The van der Waals surface area contributed by atoms with Crippen molar-refractivity contribution in [3.05, 3.63) is 11.2 Å². The third kappa shape index (κ3) is 2.63. The van der Waals surface area contributed by atoms with Crippen molar-refractivity contribution in [1.29, 1.82) is 0 Å². The Bertz CT molecular complexity index is 271. The van der Waals surface area contributed by atoms with E-state index >= 15 is 0 Å². The molecule has 5 nitrogen and oxygen atoms in total. The van der Waals surface area contributed by atoms with E-state index in [0.717, 1.165) is 11.3 Å². The second-order valence-corrected chi connectivity index (χ2v) is 6.05. The van der Waals surface area contributed by atoms with E-state index in [9.17, 15) is 5.11 Å². The Morgan fingerprint density at radius 1 is 1.54 bits per heavy atom. The van der Waals surface area contributed by atoms with Gasteiger partial charge in [0.1, 0.15) is 14.8 Å². The van der Waals surface area contributed by atoms with Gasteiger partial charge in [-0.2, -0.15) is 0 Å². The van der Waals surface area contributed by atoms with Gasteiger partial charge >= 0.3 is 0 Å². The van der Waals surface area contributed by atoms with Gasteiger partial charge in [0.05, 0.1) is 6.20 Å². The predicted octanol–water partition coefficient (Wildman–Crippen LogP) is 1.35. The Kier molecular flexibility index (Phi) is 2.68. The lowest BCUT2D eigenvalue weighted by Crippen LogP contribution is -2.14. The van der Waals surface area contributed by atoms with Crippen LogP contribution >= 0.6 is 22.1 Å². The first kappa shape index (κ1) is 10.9. The van der Waals surface area contributed by atoms with Crippen molar-refractivity contribution < 1.29 is 14.2 Å². The van der Waals surface area contributed by atoms with Gasteiger partial charge in [-0.3, -0.25) is 9.11 Å². The summed E-state index contributed by atoms with van der Waals surface area (Å²) in [6.07, 6.45) is 1.27. The topological polar surface area (TPSA) is 99.6 Å². The van der Waals surface area contributed by atoms with E-state index < -0.39 is 16.4 Å². The smallest absolute Gasteiger partial charge is 0.147 e. The lowest BCUT2D eigenvalue weighted by atomic mass is 10.2. The average molecular weight is 224 g/mol. The maximum Gasteiger partial charge on any atom is 0.147 e. The number of aromatic nitrogens is 1. The molecule has 0 saturated carbocycles. The molecule has 0 unspecified atom stereocenters. The molecule has 0 aliphatic carbocycles. The van der Waals surface area contributed by atoms with Crippen LogP contribution in [0.2, 0.25) is 0 Å². The van der Waals surface area contributed by atoms with E-state index in [1.54, 1.807) is 13.8 Å². The minimum absolute atomic E-state index is 0.185. The van der Waals surface area contributed by atoms with Crippen molar-refractivity contribution in [3.63, 3.8) is 0 Å². The second kappa shape index (κ2) is 3.19. The van der Waals surface area contributed by atoms with E-state index in [4.69, 9.17) is 14.2 Å². The highest BCUT2D eigenvalue weighted by Gasteiger charge is 2.23. The Hall–Kier alpha value is -0.180. The van der Waals surface area contributed by atoms with Crippen molar-refractivity contribution in [2.45, 2.75) is 23.7 Å². The van der Waals surface area contributed by atoms with Gasteiger partial charge in [-0.05, 0) is 13.8 Å². The molecular formula is C6H12N2O3S2. The van der Waals surface area contributed by atoms with E-state index in [-0.39, 0.29) is 4.21 Å². The normalized spacial score (nSPS) is 14.6. The third-order valence-electron chi connectivity index (χ3n) is 1.30. The van der Waals surface area contributed by atoms with Crippen LogP contribution in [0.3, 0.4) is 0 Å². The Balaban J connectivity index is 3.01. The summed E-state index contributed by atoms with van der Waals surface area (Å²) in [6, 6.07) is 0. The molecule has 1 rings (SSSR count). The van der Waals surface area contributed by atoms with Crippen molar-refractivity contribution in [3.8, 4) is 0 Å². The van der Waals surface area contributed by atoms with Crippen LogP contribution in [0, 0.1) is 0 Å². The maximum atomic E-state index is 9.52. The van der Waals surface area contributed by atoms with Gasteiger partial charge in [0, 0.05) is 0 Å². The summed E-state index contributed by atoms with van der Waals surface area (Å²) in [5.41, 5.74) is -1.08. The maximum absolute atomic E-state index is 9.52. The minimum Gasteiger partial charge on any atom is -0.383 e. The van der Waals surface area contributed by atoms with Crippen LogP contribution in [0.1, 0.15) is 18.9 Å². The molecule has 7 heteroatoms. The lowest BCUT2D eigenvalue weighted by Gasteiger charge is -2.23. The van der Waals surface area contributed by atoms with Crippen LogP contribution in [0.5, 0.6) is 0 Å². The first-order valence-corrected chi connectivity index (χ1v) is 5.88. The predicted molar refractivity (Wildman–Crippen MR) is 52.7 cm³/mol. The second-order valence-electron chi connectivity index (χ2n) is 3.14. The van der Waals surface area contributed by atoms with E-state index in [0.29, 0.717) is 5.01 Å². The summed E-state index contributed by atoms with van der Waals surface area (Å²) in [5.74, 6) is 0. The van der Waals surface area contributed by atoms with Gasteiger partial charge < -0.3 is 5.11 Å². The molecule has 0 radical (unpaired) electrons. The monoisotopic (exact) mass is 224 g/mol. The molecule has 0 fully saturated rings. The molecule has 1 aromatic heterocycles. The van der Waals surface area contributed by atoms with Gasteiger partial charge in [-0.25, -0.2) is 10.1 Å². The number of aliphatic hydroxyl groups is 1. The molecule has 0 aliphatic heterocycles. The molecule has 0 spiro atoms. The number of hydrogen-bond donors (Lipinski definition) is 4. The van der Waals surface area contributed by atoms with Gasteiger partial charge in [-0.1, -0.05) is 11.3 Å². The summed E-state index contributed by atoms with van der Waals surface area (Å²) in [6.45, 7) is 3.13. The van der Waals surface area contributed by atoms with Crippen molar-refractivity contribution in [2.24, 2.45) is 5.14 Å². The molecule has 13 heavy (non-hydrogen) atoms. The zero-order valence-electron chi connectivity index (χ0n) is 7.26. The largest absolute Gasteiger partial charge is 0.383 e. The molecule has 0 saturated heterocycles. The third-order valence-corrected chi connectivity index (χ3v) is 4.09. The summed E-state index contributed by atoms with van der Waals surface area (Å²) in [7, 11) is -3.20. The number of nitrogens with two attached hydrogens (primary N) is 1. The first-order chi connectivity index (χ1) is 5.71. The standard InChI is InChI=1S/C6H12N2O3S2/c1-6(2,9)5-8-3-4(12-5)13(7,10)11/h3,9-11H,7H2,1-2H3. The number of nitrogens with zero attached hydrogens (tertiary/aromatic N) is 1. The van der Waals surface area contributed by atoms with Crippen LogP contribution in [-0.2, 0) is 5.60 Å². The fraction of sp³-hybridized carbons (Fsp3) is 0.500. The number of thiazole rings is 1. The van der Waals surface area contributed by atoms with E-state index in [1.165, 1.54) is 6.20 Å². The van der Waals surface area contributed by atoms with Crippen LogP contribution in [-0.4, -0.2) is 19.2 Å². The SMILES string of the molecule is CC(C)(O)c1ncc(S(N)(O)O)s1. The highest BCUT2D eigenvalue weighted by molar-refractivity contribution is 8.23. The molecule has 0 aliphatic rings. The van der Waals surface area contributed by atoms with Crippen LogP contribution in [0.15, 0.2) is 10.4 Å². The molecular weight excluding hydrogens is 212 g/mol. The fourth-order valence-corrected chi connectivity index (χ4v) is 2.27. The molecule has 1 aromatic rings. The molecule has 5 N–H and O–H groups in total. The molecule has 0 amide bonds. The molecule has 0 atom stereocenters. The van der Waals surface area contributed by atoms with Crippen LogP contribution in [0.25, 0.3) is 0 Å². The van der Waals surface area contributed by atoms with Gasteiger partial charge in [0.25, 0.3) is 0 Å². The Morgan fingerprint density at radius 3 is 2.31 bits per heavy atom. The van der Waals surface area contributed by atoms with Crippen LogP contribution < -0.4 is 5.14 Å². The fourth-order valence-electron chi connectivity index (χ4n) is 0.681. The Morgan fingerprint density at radius 2 is 2.08 bits per heavy atom. The average Bonchev–Trinajstić information content (AvgIpc) is 2.28. The van der Waals surface area contributed by atoms with Crippen molar-refractivity contribution >= 4 is 22.1 Å². The summed E-state index contributed by atoms with van der Waals surface area (Å²) >= 11 is 0.998. The Labute approximate surface area is 81.7 Å². The number of hydrogen-bond acceptors (Lipinski definition) is 6. The van der Waals surface area contributed by atoms with Crippen molar-refractivity contribution in [1.82, 2.24) is 4.98 Å². The van der Waals surface area contributed by atoms with E-state index in [2.05, 4.69) is 4.98 Å². The van der Waals surface area contributed by atoms with Gasteiger partial charge in [0.15, 0.2) is 0 Å². The van der Waals surface area contributed by atoms with Crippen LogP contribution in [0.4, 0.5) is 0 Å². The summed E-state index contributed by atoms with van der Waals surface area (Å²) < 4.78 is 18.3. The van der Waals surface area contributed by atoms with Crippen molar-refractivity contribution in [2.75, 3.05) is 0 Å². The highest BCUT2D eigenvalue weighted by atomic mass is 32.3. The quantitative estimate of drug-likeness (QED) is 0.607. The first-order valence-electron chi connectivity index (χ1n) is 3.46. The lowest BCUT2D eigenvalue weighted by molar-refractivity contribution is 0.0783. The molecule has 76 valence electrons. The van der Waals surface area contributed by atoms with E-state index in [1.807, 2.05) is 0 Å². The zero-order valence-corrected chi connectivity index (χ0v) is 8.89. The van der Waals surface area contributed by atoms with Gasteiger partial charge in [0.2, 0.25) is 0 Å². The molecule has 0 aromatic carbocycles. The van der Waals surface area contributed by atoms with Gasteiger partial charge in [-0.15, -0.1) is 10.8 Å². The minimum atomic E-state index is -3.20. The zero-order chi connectivity index (χ0) is 10.3. The molecule has 1 heterocycles. The highest BCUT2D eigenvalue weighted by Crippen LogP contribution is 2.44.